The van der Waals surface area contributed by atoms with Crippen molar-refractivity contribution in [2.75, 3.05) is 0 Å². The smallest absolute Gasteiger partial charge is 0.264 e. The van der Waals surface area contributed by atoms with E-state index in [9.17, 15) is 8.78 Å². The molecule has 1 N–H and O–H groups in total. The minimum Gasteiger partial charge on any atom is -0.387 e. The normalized spacial score (nSPS) is 13.8. The minimum atomic E-state index is -2.67. The van der Waals surface area contributed by atoms with Gasteiger partial charge in [-0.15, -0.1) is 11.3 Å². The largest absolute Gasteiger partial charge is 0.387 e. The van der Waals surface area contributed by atoms with E-state index in [-0.39, 0.29) is 6.42 Å². The van der Waals surface area contributed by atoms with E-state index in [1.807, 2.05) is 0 Å². The van der Waals surface area contributed by atoms with E-state index < -0.39 is 12.5 Å². The van der Waals surface area contributed by atoms with Gasteiger partial charge in [0.25, 0.3) is 6.43 Å². The van der Waals surface area contributed by atoms with Gasteiger partial charge in [-0.1, -0.05) is 0 Å². The fraction of sp³-hybridized carbons (Fsp3) is 0.429. The molecular formula is C7H7BrF2OS. The van der Waals surface area contributed by atoms with E-state index >= 15 is 0 Å². The van der Waals surface area contributed by atoms with E-state index in [4.69, 9.17) is 5.11 Å². The standard InChI is InChI=1S/C7H7BrF2OS/c8-4-1-2-12-6(4)3-5(11)7(9)10/h1-2,5,7,11H,3H2. The van der Waals surface area contributed by atoms with Crippen LogP contribution >= 0.6 is 27.3 Å². The maximum atomic E-state index is 11.9. The summed E-state index contributed by atoms with van der Waals surface area (Å²) in [6.45, 7) is 0. The second-order valence-corrected chi connectivity index (χ2v) is 4.15. The van der Waals surface area contributed by atoms with Crippen molar-refractivity contribution in [3.8, 4) is 0 Å². The number of aliphatic hydroxyl groups is 1. The lowest BCUT2D eigenvalue weighted by Crippen LogP contribution is -2.19. The van der Waals surface area contributed by atoms with Gasteiger partial charge in [-0.3, -0.25) is 0 Å². The monoisotopic (exact) mass is 256 g/mol. The van der Waals surface area contributed by atoms with E-state index in [0.717, 1.165) is 9.35 Å². The molecule has 1 atom stereocenters. The predicted octanol–water partition coefficient (Wildman–Crippen LogP) is 2.68. The van der Waals surface area contributed by atoms with Crippen molar-refractivity contribution >= 4 is 27.3 Å². The van der Waals surface area contributed by atoms with Crippen LogP contribution in [0.5, 0.6) is 0 Å². The third-order valence-electron chi connectivity index (χ3n) is 1.38. The average Bonchev–Trinajstić information content (AvgIpc) is 2.36. The van der Waals surface area contributed by atoms with Crippen LogP contribution in [0.1, 0.15) is 4.88 Å². The summed E-state index contributed by atoms with van der Waals surface area (Å²) in [7, 11) is 0. The van der Waals surface area contributed by atoms with Gasteiger partial charge in [0.1, 0.15) is 6.10 Å². The van der Waals surface area contributed by atoms with Crippen LogP contribution in [0, 0.1) is 0 Å². The van der Waals surface area contributed by atoms with Gasteiger partial charge in [-0.05, 0) is 27.4 Å². The summed E-state index contributed by atoms with van der Waals surface area (Å²) in [5, 5.41) is 10.6. The number of halogens is 3. The fourth-order valence-corrected chi connectivity index (χ4v) is 2.32. The highest BCUT2D eigenvalue weighted by Gasteiger charge is 2.18. The highest BCUT2D eigenvalue weighted by atomic mass is 79.9. The van der Waals surface area contributed by atoms with E-state index in [1.165, 1.54) is 11.3 Å². The molecule has 0 aliphatic heterocycles. The zero-order valence-electron chi connectivity index (χ0n) is 6.01. The molecule has 0 bridgehead atoms. The van der Waals surface area contributed by atoms with E-state index in [2.05, 4.69) is 15.9 Å². The van der Waals surface area contributed by atoms with E-state index in [0.29, 0.717) is 0 Å². The van der Waals surface area contributed by atoms with Crippen molar-refractivity contribution in [3.05, 3.63) is 20.8 Å². The molecule has 0 aromatic carbocycles. The summed E-state index contributed by atoms with van der Waals surface area (Å²) in [4.78, 5) is 0.753. The molecule has 1 nitrogen and oxygen atoms in total. The van der Waals surface area contributed by atoms with Crippen molar-refractivity contribution in [3.63, 3.8) is 0 Å². The summed E-state index contributed by atoms with van der Waals surface area (Å²) >= 11 is 4.55. The van der Waals surface area contributed by atoms with Crippen LogP contribution < -0.4 is 0 Å². The number of hydrogen-bond donors (Lipinski definition) is 1. The molecule has 5 heteroatoms. The van der Waals surface area contributed by atoms with Gasteiger partial charge in [0.15, 0.2) is 0 Å². The zero-order chi connectivity index (χ0) is 9.14. The molecule has 0 fully saturated rings. The summed E-state index contributed by atoms with van der Waals surface area (Å²) in [6.07, 6.45) is -4.21. The van der Waals surface area contributed by atoms with Gasteiger partial charge in [0.2, 0.25) is 0 Å². The quantitative estimate of drug-likeness (QED) is 0.882. The Morgan fingerprint density at radius 2 is 2.25 bits per heavy atom. The lowest BCUT2D eigenvalue weighted by atomic mass is 10.2. The third-order valence-corrected chi connectivity index (χ3v) is 3.33. The van der Waals surface area contributed by atoms with Crippen LogP contribution in [0.25, 0.3) is 0 Å². The molecule has 1 unspecified atom stereocenters. The Morgan fingerprint density at radius 3 is 2.67 bits per heavy atom. The van der Waals surface area contributed by atoms with Crippen molar-refractivity contribution in [2.45, 2.75) is 19.0 Å². The number of hydrogen-bond acceptors (Lipinski definition) is 2. The Hall–Kier alpha value is -0.0000000000000000555. The van der Waals surface area contributed by atoms with Crippen LogP contribution in [0.15, 0.2) is 15.9 Å². The molecule has 0 aliphatic rings. The minimum absolute atomic E-state index is 0.00984. The molecule has 1 rings (SSSR count). The Balaban J connectivity index is 2.58. The topological polar surface area (TPSA) is 20.2 Å². The molecule has 0 spiro atoms. The predicted molar refractivity (Wildman–Crippen MR) is 47.7 cm³/mol. The van der Waals surface area contributed by atoms with Gasteiger partial charge >= 0.3 is 0 Å². The summed E-state index contributed by atoms with van der Waals surface area (Å²) < 4.78 is 24.6. The first kappa shape index (κ1) is 10.1. The first-order chi connectivity index (χ1) is 5.61. The number of rotatable bonds is 3. The lowest BCUT2D eigenvalue weighted by Gasteiger charge is -2.07. The number of aliphatic hydroxyl groups excluding tert-OH is 1. The van der Waals surface area contributed by atoms with Crippen LogP contribution in [0.2, 0.25) is 0 Å². The van der Waals surface area contributed by atoms with Gasteiger partial charge in [-0.25, -0.2) is 8.78 Å². The van der Waals surface area contributed by atoms with Crippen LogP contribution in [0.3, 0.4) is 0 Å². The molecule has 1 aromatic rings. The van der Waals surface area contributed by atoms with Gasteiger partial charge in [0.05, 0.1) is 0 Å². The first-order valence-corrected chi connectivity index (χ1v) is 4.96. The molecule has 12 heavy (non-hydrogen) atoms. The molecule has 1 heterocycles. The highest BCUT2D eigenvalue weighted by molar-refractivity contribution is 9.10. The van der Waals surface area contributed by atoms with Gasteiger partial charge in [-0.2, -0.15) is 0 Å². The average molecular weight is 257 g/mol. The summed E-state index contributed by atoms with van der Waals surface area (Å²) in [5.74, 6) is 0. The van der Waals surface area contributed by atoms with Crippen LogP contribution in [-0.4, -0.2) is 17.6 Å². The maximum absolute atomic E-state index is 11.9. The molecule has 0 radical (unpaired) electrons. The van der Waals surface area contributed by atoms with Gasteiger partial charge < -0.3 is 5.11 Å². The molecule has 68 valence electrons. The van der Waals surface area contributed by atoms with Crippen molar-refractivity contribution in [1.29, 1.82) is 0 Å². The van der Waals surface area contributed by atoms with E-state index in [1.54, 1.807) is 11.4 Å². The SMILES string of the molecule is OC(Cc1sccc1Br)C(F)F. The third kappa shape index (κ3) is 2.50. The summed E-state index contributed by atoms with van der Waals surface area (Å²) in [6, 6.07) is 1.78. The Labute approximate surface area is 81.2 Å². The number of alkyl halides is 2. The Bertz CT molecular complexity index is 251. The molecule has 0 aliphatic carbocycles. The van der Waals surface area contributed by atoms with Crippen LogP contribution in [-0.2, 0) is 6.42 Å². The van der Waals surface area contributed by atoms with Gasteiger partial charge in [0, 0.05) is 15.8 Å². The van der Waals surface area contributed by atoms with Crippen LogP contribution in [0.4, 0.5) is 8.78 Å². The molecular weight excluding hydrogens is 250 g/mol. The molecule has 0 amide bonds. The fourth-order valence-electron chi connectivity index (χ4n) is 0.750. The lowest BCUT2D eigenvalue weighted by molar-refractivity contribution is -0.00329. The Morgan fingerprint density at radius 1 is 1.58 bits per heavy atom. The maximum Gasteiger partial charge on any atom is 0.264 e. The second kappa shape index (κ2) is 4.30. The second-order valence-electron chi connectivity index (χ2n) is 2.30. The van der Waals surface area contributed by atoms with Crippen molar-refractivity contribution < 1.29 is 13.9 Å². The van der Waals surface area contributed by atoms with Crippen molar-refractivity contribution in [2.24, 2.45) is 0 Å². The summed E-state index contributed by atoms with van der Waals surface area (Å²) in [5.41, 5.74) is 0. The molecule has 0 saturated heterocycles. The molecule has 1 aromatic heterocycles. The van der Waals surface area contributed by atoms with Crippen molar-refractivity contribution in [1.82, 2.24) is 0 Å². The molecule has 0 saturated carbocycles. The zero-order valence-corrected chi connectivity index (χ0v) is 8.41. The Kier molecular flexibility index (Phi) is 3.61. The number of thiophene rings is 1. The first-order valence-electron chi connectivity index (χ1n) is 3.29. The highest BCUT2D eigenvalue weighted by Crippen LogP contribution is 2.24.